The summed E-state index contributed by atoms with van der Waals surface area (Å²) in [6.45, 7) is 3.98. The van der Waals surface area contributed by atoms with Gasteiger partial charge < -0.3 is 10.1 Å². The third-order valence-electron chi connectivity index (χ3n) is 2.95. The predicted octanol–water partition coefficient (Wildman–Crippen LogP) is 1.43. The van der Waals surface area contributed by atoms with E-state index in [4.69, 9.17) is 0 Å². The van der Waals surface area contributed by atoms with Gasteiger partial charge in [-0.2, -0.15) is 0 Å². The Hall–Kier alpha value is -2.17. The van der Waals surface area contributed by atoms with E-state index in [1.807, 2.05) is 24.3 Å². The van der Waals surface area contributed by atoms with Crippen molar-refractivity contribution in [2.24, 2.45) is 0 Å². The molecule has 0 aliphatic carbocycles. The van der Waals surface area contributed by atoms with Gasteiger partial charge in [-0.15, -0.1) is 0 Å². The second-order valence-electron chi connectivity index (χ2n) is 4.69. The molecular weight excluding hydrogens is 270 g/mol. The van der Waals surface area contributed by atoms with Gasteiger partial charge in [-0.25, -0.2) is 4.79 Å². The van der Waals surface area contributed by atoms with Crippen molar-refractivity contribution < 1.29 is 19.1 Å². The minimum atomic E-state index is -0.760. The van der Waals surface area contributed by atoms with Crippen LogP contribution < -0.4 is 5.32 Å². The summed E-state index contributed by atoms with van der Waals surface area (Å²) in [4.78, 5) is 33.4. The first-order valence-corrected chi connectivity index (χ1v) is 7.05. The molecule has 1 aromatic rings. The molecule has 5 nitrogen and oxygen atoms in total. The van der Waals surface area contributed by atoms with Gasteiger partial charge in [0.1, 0.15) is 0 Å². The summed E-state index contributed by atoms with van der Waals surface area (Å²) in [7, 11) is 0. The fraction of sp³-hybridized carbons (Fsp3) is 0.438. The average molecular weight is 291 g/mol. The Balaban J connectivity index is 2.38. The Morgan fingerprint density at radius 3 is 2.14 bits per heavy atom. The van der Waals surface area contributed by atoms with Gasteiger partial charge in [0.2, 0.25) is 11.7 Å². The maximum absolute atomic E-state index is 11.5. The summed E-state index contributed by atoms with van der Waals surface area (Å²) in [5.41, 5.74) is 2.11. The Labute approximate surface area is 124 Å². The van der Waals surface area contributed by atoms with Gasteiger partial charge in [0, 0.05) is 19.9 Å². The minimum absolute atomic E-state index is 0.0379. The fourth-order valence-corrected chi connectivity index (χ4v) is 1.83. The van der Waals surface area contributed by atoms with E-state index in [-0.39, 0.29) is 18.9 Å². The molecule has 1 amide bonds. The van der Waals surface area contributed by atoms with Crippen LogP contribution in [0.15, 0.2) is 24.3 Å². The van der Waals surface area contributed by atoms with E-state index in [2.05, 4.69) is 10.1 Å². The Morgan fingerprint density at radius 2 is 1.62 bits per heavy atom. The zero-order chi connectivity index (χ0) is 15.7. The van der Waals surface area contributed by atoms with E-state index in [0.29, 0.717) is 13.0 Å². The average Bonchev–Trinajstić information content (AvgIpc) is 2.46. The van der Waals surface area contributed by atoms with E-state index in [0.717, 1.165) is 17.5 Å². The number of rotatable bonds is 8. The van der Waals surface area contributed by atoms with Crippen molar-refractivity contribution >= 4 is 17.7 Å². The van der Waals surface area contributed by atoms with E-state index in [1.54, 1.807) is 6.92 Å². The first-order chi connectivity index (χ1) is 10.0. The van der Waals surface area contributed by atoms with Crippen molar-refractivity contribution in [3.05, 3.63) is 35.4 Å². The zero-order valence-corrected chi connectivity index (χ0v) is 12.5. The molecule has 114 valence electrons. The van der Waals surface area contributed by atoms with E-state index in [1.165, 1.54) is 6.92 Å². The quantitative estimate of drug-likeness (QED) is 0.581. The summed E-state index contributed by atoms with van der Waals surface area (Å²) in [5, 5.41) is 2.74. The number of hydrogen-bond donors (Lipinski definition) is 1. The molecule has 0 aliphatic rings. The summed E-state index contributed by atoms with van der Waals surface area (Å²) in [6.07, 6.45) is 1.44. The van der Waals surface area contributed by atoms with Crippen LogP contribution >= 0.6 is 0 Å². The first kappa shape index (κ1) is 16.9. The number of carbonyl (C=O) groups is 3. The number of ether oxygens (including phenoxy) is 1. The van der Waals surface area contributed by atoms with Crippen molar-refractivity contribution in [2.45, 2.75) is 33.1 Å². The van der Waals surface area contributed by atoms with Crippen molar-refractivity contribution in [1.82, 2.24) is 5.32 Å². The molecule has 1 aromatic carbocycles. The summed E-state index contributed by atoms with van der Waals surface area (Å²) >= 11 is 0. The minimum Gasteiger partial charge on any atom is -0.460 e. The predicted molar refractivity (Wildman–Crippen MR) is 78.8 cm³/mol. The van der Waals surface area contributed by atoms with Crippen LogP contribution in [0.2, 0.25) is 0 Å². The Morgan fingerprint density at radius 1 is 1.05 bits per heavy atom. The molecule has 0 saturated heterocycles. The molecule has 1 N–H and O–H groups in total. The van der Waals surface area contributed by atoms with E-state index < -0.39 is 11.8 Å². The molecule has 0 aliphatic heterocycles. The lowest BCUT2D eigenvalue weighted by Gasteiger charge is -2.05. The molecule has 1 rings (SSSR count). The van der Waals surface area contributed by atoms with Crippen molar-refractivity contribution in [3.8, 4) is 0 Å². The smallest absolute Gasteiger partial charge is 0.374 e. The lowest BCUT2D eigenvalue weighted by Crippen LogP contribution is -2.22. The molecule has 0 bridgehead atoms. The second kappa shape index (κ2) is 8.89. The van der Waals surface area contributed by atoms with Gasteiger partial charge in [0.05, 0.1) is 6.61 Å². The molecule has 0 unspecified atom stereocenters. The van der Waals surface area contributed by atoms with Gasteiger partial charge >= 0.3 is 5.97 Å². The first-order valence-electron chi connectivity index (χ1n) is 7.05. The lowest BCUT2D eigenvalue weighted by molar-refractivity contribution is -0.153. The molecule has 0 atom stereocenters. The van der Waals surface area contributed by atoms with Crippen LogP contribution in [0, 0.1) is 0 Å². The van der Waals surface area contributed by atoms with E-state index in [9.17, 15) is 14.4 Å². The number of aryl methyl sites for hydroxylation is 1. The van der Waals surface area contributed by atoms with Crippen LogP contribution in [0.4, 0.5) is 0 Å². The fourth-order valence-electron chi connectivity index (χ4n) is 1.83. The van der Waals surface area contributed by atoms with Crippen LogP contribution in [-0.4, -0.2) is 30.8 Å². The van der Waals surface area contributed by atoms with Gasteiger partial charge in [-0.05, 0) is 30.9 Å². The molecule has 0 saturated carbocycles. The summed E-state index contributed by atoms with van der Waals surface area (Å²) in [6, 6.07) is 7.79. The molecule has 0 heterocycles. The molecule has 0 spiro atoms. The largest absolute Gasteiger partial charge is 0.460 e. The standard InChI is InChI=1S/C16H21NO4/c1-3-21-16(20)15(19)9-8-13-4-6-14(7-5-13)10-11-17-12(2)18/h4-7H,3,8-11H2,1-2H3,(H,17,18). The maximum atomic E-state index is 11.5. The molecular formula is C16H21NO4. The van der Waals surface area contributed by atoms with Gasteiger partial charge in [-0.1, -0.05) is 24.3 Å². The topological polar surface area (TPSA) is 72.5 Å². The Bertz CT molecular complexity index is 494. The van der Waals surface area contributed by atoms with Gasteiger partial charge in [0.25, 0.3) is 0 Å². The van der Waals surface area contributed by atoms with Crippen molar-refractivity contribution in [2.75, 3.05) is 13.2 Å². The monoisotopic (exact) mass is 291 g/mol. The number of esters is 1. The third-order valence-corrected chi connectivity index (χ3v) is 2.95. The van der Waals surface area contributed by atoms with Crippen LogP contribution in [0.25, 0.3) is 0 Å². The molecule has 0 radical (unpaired) electrons. The summed E-state index contributed by atoms with van der Waals surface area (Å²) < 4.78 is 4.65. The molecule has 5 heteroatoms. The van der Waals surface area contributed by atoms with Crippen LogP contribution in [-0.2, 0) is 32.0 Å². The van der Waals surface area contributed by atoms with Gasteiger partial charge in [-0.3, -0.25) is 9.59 Å². The highest BCUT2D eigenvalue weighted by molar-refractivity contribution is 6.33. The highest BCUT2D eigenvalue weighted by Crippen LogP contribution is 2.08. The molecule has 21 heavy (non-hydrogen) atoms. The number of hydrogen-bond acceptors (Lipinski definition) is 4. The normalized spacial score (nSPS) is 10.0. The number of amides is 1. The highest BCUT2D eigenvalue weighted by Gasteiger charge is 2.14. The van der Waals surface area contributed by atoms with E-state index >= 15 is 0 Å². The van der Waals surface area contributed by atoms with Crippen molar-refractivity contribution in [3.63, 3.8) is 0 Å². The zero-order valence-electron chi connectivity index (χ0n) is 12.5. The van der Waals surface area contributed by atoms with Crippen molar-refractivity contribution in [1.29, 1.82) is 0 Å². The lowest BCUT2D eigenvalue weighted by atomic mass is 10.0. The summed E-state index contributed by atoms with van der Waals surface area (Å²) in [5.74, 6) is -1.29. The van der Waals surface area contributed by atoms with Crippen LogP contribution in [0.1, 0.15) is 31.4 Å². The number of nitrogens with one attached hydrogen (secondary N) is 1. The van der Waals surface area contributed by atoms with Gasteiger partial charge in [0.15, 0.2) is 0 Å². The second-order valence-corrected chi connectivity index (χ2v) is 4.69. The maximum Gasteiger partial charge on any atom is 0.374 e. The third kappa shape index (κ3) is 6.70. The Kier molecular flexibility index (Phi) is 7.15. The number of ketones is 1. The highest BCUT2D eigenvalue weighted by atomic mass is 16.5. The van der Waals surface area contributed by atoms with Crippen LogP contribution in [0.3, 0.4) is 0 Å². The SMILES string of the molecule is CCOC(=O)C(=O)CCc1ccc(CCNC(C)=O)cc1. The molecule has 0 fully saturated rings. The molecule has 0 aromatic heterocycles. The number of benzene rings is 1. The van der Waals surface area contributed by atoms with Crippen LogP contribution in [0.5, 0.6) is 0 Å². The number of carbonyl (C=O) groups excluding carboxylic acids is 3. The number of Topliss-reactive ketones (excluding diaryl/α,β-unsaturated/α-hetero) is 1.